The first-order valence-electron chi connectivity index (χ1n) is 5.89. The van der Waals surface area contributed by atoms with E-state index in [0.29, 0.717) is 12.1 Å². The van der Waals surface area contributed by atoms with Gasteiger partial charge in [-0.15, -0.1) is 0 Å². The second-order valence-corrected chi connectivity index (χ2v) is 4.30. The summed E-state index contributed by atoms with van der Waals surface area (Å²) < 4.78 is 27.2. The number of carbonyl (C=O) groups excluding carboxylic acids is 1. The molecule has 7 nitrogen and oxygen atoms in total. The summed E-state index contributed by atoms with van der Waals surface area (Å²) in [5.41, 5.74) is -2.08. The lowest BCUT2D eigenvalue weighted by Gasteiger charge is -2.09. The summed E-state index contributed by atoms with van der Waals surface area (Å²) in [7, 11) is 0. The average molecular weight is 302 g/mol. The molecule has 1 atom stereocenters. The van der Waals surface area contributed by atoms with Crippen molar-refractivity contribution in [2.24, 2.45) is 5.92 Å². The zero-order valence-electron chi connectivity index (χ0n) is 10.9. The summed E-state index contributed by atoms with van der Waals surface area (Å²) in [5.74, 6) is -5.79. The van der Waals surface area contributed by atoms with Crippen molar-refractivity contribution in [3.05, 3.63) is 39.4 Å². The number of carbonyl (C=O) groups is 2. The SMILES string of the molecule is CC(CCNC(=O)c1c(F)ccc([N+](=O)[O-])c1F)C(=O)O. The maximum atomic E-state index is 13.7. The molecule has 0 aromatic heterocycles. The van der Waals surface area contributed by atoms with Gasteiger partial charge in [-0.25, -0.2) is 4.39 Å². The van der Waals surface area contributed by atoms with Crippen molar-refractivity contribution in [3.8, 4) is 0 Å². The van der Waals surface area contributed by atoms with Crippen LogP contribution in [0, 0.1) is 27.7 Å². The van der Waals surface area contributed by atoms with Crippen LogP contribution >= 0.6 is 0 Å². The van der Waals surface area contributed by atoms with E-state index in [1.54, 1.807) is 0 Å². The van der Waals surface area contributed by atoms with Gasteiger partial charge < -0.3 is 10.4 Å². The number of hydrogen-bond acceptors (Lipinski definition) is 4. The smallest absolute Gasteiger partial charge is 0.306 e. The van der Waals surface area contributed by atoms with Crippen LogP contribution in [0.25, 0.3) is 0 Å². The molecule has 0 spiro atoms. The van der Waals surface area contributed by atoms with Gasteiger partial charge in [0.1, 0.15) is 11.4 Å². The van der Waals surface area contributed by atoms with Crippen LogP contribution in [0.4, 0.5) is 14.5 Å². The monoisotopic (exact) mass is 302 g/mol. The highest BCUT2D eigenvalue weighted by Crippen LogP contribution is 2.22. The van der Waals surface area contributed by atoms with E-state index >= 15 is 0 Å². The number of nitrogens with zero attached hydrogens (tertiary/aromatic N) is 1. The van der Waals surface area contributed by atoms with Crippen LogP contribution in [-0.4, -0.2) is 28.5 Å². The molecule has 0 saturated carbocycles. The topological polar surface area (TPSA) is 110 Å². The van der Waals surface area contributed by atoms with Crippen molar-refractivity contribution in [2.75, 3.05) is 6.54 Å². The molecule has 0 radical (unpaired) electrons. The van der Waals surface area contributed by atoms with E-state index in [4.69, 9.17) is 5.11 Å². The zero-order chi connectivity index (χ0) is 16.2. The van der Waals surface area contributed by atoms with Gasteiger partial charge in [-0.2, -0.15) is 4.39 Å². The second-order valence-electron chi connectivity index (χ2n) is 4.30. The highest BCUT2D eigenvalue weighted by molar-refractivity contribution is 5.95. The number of aliphatic carboxylic acids is 1. The molecular weight excluding hydrogens is 290 g/mol. The number of benzene rings is 1. The van der Waals surface area contributed by atoms with Gasteiger partial charge in [0.25, 0.3) is 5.91 Å². The fourth-order valence-electron chi connectivity index (χ4n) is 1.50. The molecule has 0 fully saturated rings. The van der Waals surface area contributed by atoms with Crippen LogP contribution < -0.4 is 5.32 Å². The highest BCUT2D eigenvalue weighted by Gasteiger charge is 2.26. The van der Waals surface area contributed by atoms with Crippen LogP contribution in [0.15, 0.2) is 12.1 Å². The minimum atomic E-state index is -1.57. The van der Waals surface area contributed by atoms with Crippen molar-refractivity contribution in [3.63, 3.8) is 0 Å². The number of carboxylic acids is 1. The summed E-state index contributed by atoms with van der Waals surface area (Å²) in [6.07, 6.45) is 0.0548. The van der Waals surface area contributed by atoms with Gasteiger partial charge >= 0.3 is 11.7 Å². The van der Waals surface area contributed by atoms with Gasteiger partial charge in [0.2, 0.25) is 5.82 Å². The predicted octanol–water partition coefficient (Wildman–Crippen LogP) is 1.71. The zero-order valence-corrected chi connectivity index (χ0v) is 10.9. The highest BCUT2D eigenvalue weighted by atomic mass is 19.1. The molecule has 1 amide bonds. The van der Waals surface area contributed by atoms with Crippen molar-refractivity contribution < 1.29 is 28.4 Å². The quantitative estimate of drug-likeness (QED) is 0.614. The number of nitro groups is 1. The largest absolute Gasteiger partial charge is 0.481 e. The molecule has 0 aliphatic carbocycles. The number of hydrogen-bond donors (Lipinski definition) is 2. The summed E-state index contributed by atoms with van der Waals surface area (Å²) in [6, 6.07) is 1.24. The van der Waals surface area contributed by atoms with Gasteiger partial charge in [0.05, 0.1) is 10.8 Å². The molecule has 0 heterocycles. The lowest BCUT2D eigenvalue weighted by Crippen LogP contribution is -2.28. The van der Waals surface area contributed by atoms with Crippen molar-refractivity contribution >= 4 is 17.6 Å². The van der Waals surface area contributed by atoms with E-state index in [9.17, 15) is 28.5 Å². The van der Waals surface area contributed by atoms with Crippen LogP contribution in [0.5, 0.6) is 0 Å². The molecular formula is C12H12F2N2O5. The lowest BCUT2D eigenvalue weighted by atomic mass is 10.1. The molecule has 1 aromatic rings. The number of nitro benzene ring substituents is 1. The van der Waals surface area contributed by atoms with Gasteiger partial charge in [0, 0.05) is 12.6 Å². The third-order valence-electron chi connectivity index (χ3n) is 2.78. The standard InChI is InChI=1S/C12H12F2N2O5/c1-6(12(18)19)4-5-15-11(17)9-7(13)2-3-8(10(9)14)16(20)21/h2-3,6H,4-5H2,1H3,(H,15,17)(H,18,19). The van der Waals surface area contributed by atoms with E-state index in [-0.39, 0.29) is 13.0 Å². The molecule has 0 aliphatic heterocycles. The van der Waals surface area contributed by atoms with Crippen LogP contribution in [0.3, 0.4) is 0 Å². The van der Waals surface area contributed by atoms with Crippen molar-refractivity contribution in [2.45, 2.75) is 13.3 Å². The van der Waals surface area contributed by atoms with E-state index in [2.05, 4.69) is 5.32 Å². The Morgan fingerprint density at radius 3 is 2.57 bits per heavy atom. The number of nitrogens with one attached hydrogen (secondary N) is 1. The fraction of sp³-hybridized carbons (Fsp3) is 0.333. The Labute approximate surface area is 117 Å². The summed E-state index contributed by atoms with van der Waals surface area (Å²) in [6.45, 7) is 1.27. The molecule has 0 bridgehead atoms. The maximum Gasteiger partial charge on any atom is 0.306 e. The maximum absolute atomic E-state index is 13.7. The van der Waals surface area contributed by atoms with Crippen molar-refractivity contribution in [1.29, 1.82) is 0 Å². The van der Waals surface area contributed by atoms with E-state index in [1.165, 1.54) is 6.92 Å². The van der Waals surface area contributed by atoms with Crippen LogP contribution in [-0.2, 0) is 4.79 Å². The number of rotatable bonds is 6. The Bertz CT molecular complexity index is 591. The number of amides is 1. The normalized spacial score (nSPS) is 11.8. The Hall–Kier alpha value is -2.58. The van der Waals surface area contributed by atoms with Gasteiger partial charge in [0.15, 0.2) is 0 Å². The second kappa shape index (κ2) is 6.73. The summed E-state index contributed by atoms with van der Waals surface area (Å²) >= 11 is 0. The first-order chi connectivity index (χ1) is 9.75. The lowest BCUT2D eigenvalue weighted by molar-refractivity contribution is -0.387. The Balaban J connectivity index is 2.85. The van der Waals surface area contributed by atoms with Crippen LogP contribution in [0.2, 0.25) is 0 Å². The van der Waals surface area contributed by atoms with Gasteiger partial charge in [-0.3, -0.25) is 19.7 Å². The Morgan fingerprint density at radius 1 is 1.43 bits per heavy atom. The first-order valence-corrected chi connectivity index (χ1v) is 5.89. The molecule has 2 N–H and O–H groups in total. The van der Waals surface area contributed by atoms with Gasteiger partial charge in [-0.05, 0) is 12.5 Å². The van der Waals surface area contributed by atoms with Crippen molar-refractivity contribution in [1.82, 2.24) is 5.32 Å². The minimum Gasteiger partial charge on any atom is -0.481 e. The molecule has 0 saturated heterocycles. The molecule has 9 heteroatoms. The van der Waals surface area contributed by atoms with E-state index < -0.39 is 45.6 Å². The molecule has 1 unspecified atom stereocenters. The molecule has 1 rings (SSSR count). The molecule has 1 aromatic carbocycles. The third kappa shape index (κ3) is 3.94. The van der Waals surface area contributed by atoms with Gasteiger partial charge in [-0.1, -0.05) is 6.92 Å². The molecule has 21 heavy (non-hydrogen) atoms. The minimum absolute atomic E-state index is 0.0548. The molecule has 114 valence electrons. The number of carboxylic acid groups (broad SMARTS) is 1. The molecule has 0 aliphatic rings. The van der Waals surface area contributed by atoms with E-state index in [0.717, 1.165) is 0 Å². The fourth-order valence-corrected chi connectivity index (χ4v) is 1.50. The Kier molecular flexibility index (Phi) is 5.28. The summed E-state index contributed by atoms with van der Waals surface area (Å²) in [4.78, 5) is 31.7. The average Bonchev–Trinajstić information content (AvgIpc) is 2.37. The number of halogens is 2. The third-order valence-corrected chi connectivity index (χ3v) is 2.78. The predicted molar refractivity (Wildman–Crippen MR) is 66.8 cm³/mol. The van der Waals surface area contributed by atoms with E-state index in [1.807, 2.05) is 0 Å². The Morgan fingerprint density at radius 2 is 2.05 bits per heavy atom. The summed E-state index contributed by atoms with van der Waals surface area (Å²) in [5, 5.41) is 21.3. The first kappa shape index (κ1) is 16.5. The van der Waals surface area contributed by atoms with Crippen LogP contribution in [0.1, 0.15) is 23.7 Å².